The molecule has 1 N–H and O–H groups in total. The molecule has 1 fully saturated rings. The summed E-state index contributed by atoms with van der Waals surface area (Å²) in [4.78, 5) is 13.5. The summed E-state index contributed by atoms with van der Waals surface area (Å²) >= 11 is 0. The number of benzene rings is 2. The summed E-state index contributed by atoms with van der Waals surface area (Å²) in [7, 11) is 0. The first-order valence-corrected chi connectivity index (χ1v) is 12.1. The summed E-state index contributed by atoms with van der Waals surface area (Å²) in [5.74, 6) is -0.737. The molecule has 0 aliphatic carbocycles. The number of hydrogen-bond donors (Lipinski definition) is 1. The van der Waals surface area contributed by atoms with E-state index in [1.165, 1.54) is 24.3 Å². The van der Waals surface area contributed by atoms with Crippen molar-refractivity contribution in [2.45, 2.75) is 70.4 Å². The molecule has 0 bridgehead atoms. The minimum Gasteiger partial charge on any atom is -0.481 e. The molecule has 36 heavy (non-hydrogen) atoms. The van der Waals surface area contributed by atoms with Crippen molar-refractivity contribution in [1.82, 2.24) is 4.90 Å². The molecule has 2 aromatic carbocycles. The Morgan fingerprint density at radius 2 is 1.44 bits per heavy atom. The second-order valence-corrected chi connectivity index (χ2v) is 9.97. The highest BCUT2D eigenvalue weighted by Crippen LogP contribution is 2.43. The number of piperidine rings is 1. The van der Waals surface area contributed by atoms with Crippen molar-refractivity contribution in [3.8, 4) is 0 Å². The van der Waals surface area contributed by atoms with Crippen molar-refractivity contribution in [1.29, 1.82) is 0 Å². The fraction of sp³-hybridized carbons (Fsp3) is 0.519. The average molecular weight is 516 g/mol. The molecule has 9 heteroatoms. The highest BCUT2D eigenvalue weighted by Gasteiger charge is 2.37. The second kappa shape index (κ2) is 11.2. The number of nitrogens with zero attached hydrogens (tertiary/aromatic N) is 1. The monoisotopic (exact) mass is 515 g/mol. The first kappa shape index (κ1) is 28.0. The normalized spacial score (nSPS) is 20.5. The molecule has 0 radical (unpaired) electrons. The van der Waals surface area contributed by atoms with E-state index in [0.29, 0.717) is 42.9 Å². The van der Waals surface area contributed by atoms with Crippen LogP contribution in [0.5, 0.6) is 0 Å². The molecular formula is C27H31F6NO2. The molecule has 0 unspecified atom stereocenters. The number of carbonyl (C=O) groups is 1. The van der Waals surface area contributed by atoms with Gasteiger partial charge in [-0.3, -0.25) is 9.69 Å². The Balaban J connectivity index is 1.99. The topological polar surface area (TPSA) is 40.5 Å². The van der Waals surface area contributed by atoms with Crippen molar-refractivity contribution in [3.63, 3.8) is 0 Å². The summed E-state index contributed by atoms with van der Waals surface area (Å²) in [5.41, 5.74) is -0.167. The lowest BCUT2D eigenvalue weighted by molar-refractivity contribution is -0.139. The largest absolute Gasteiger partial charge is 0.481 e. The zero-order valence-corrected chi connectivity index (χ0v) is 20.2. The van der Waals surface area contributed by atoms with E-state index in [4.69, 9.17) is 0 Å². The molecule has 3 rings (SSSR count). The molecule has 0 spiro atoms. The van der Waals surface area contributed by atoms with Crippen LogP contribution in [-0.2, 0) is 17.1 Å². The quantitative estimate of drug-likeness (QED) is 0.361. The van der Waals surface area contributed by atoms with Crippen molar-refractivity contribution in [2.24, 2.45) is 11.8 Å². The van der Waals surface area contributed by atoms with E-state index in [1.54, 1.807) is 0 Å². The van der Waals surface area contributed by atoms with Crippen LogP contribution in [0.25, 0.3) is 0 Å². The Morgan fingerprint density at radius 1 is 0.917 bits per heavy atom. The van der Waals surface area contributed by atoms with Crippen LogP contribution in [0.1, 0.15) is 80.3 Å². The van der Waals surface area contributed by atoms with Gasteiger partial charge in [0.25, 0.3) is 0 Å². The van der Waals surface area contributed by atoms with Gasteiger partial charge >= 0.3 is 18.3 Å². The molecule has 1 saturated heterocycles. The predicted octanol–water partition coefficient (Wildman–Crippen LogP) is 8.13. The molecule has 2 aromatic rings. The number of likely N-dealkylation sites (tertiary alicyclic amines) is 1. The maximum absolute atomic E-state index is 13.1. The Hall–Kier alpha value is -2.55. The van der Waals surface area contributed by atoms with Crippen LogP contribution < -0.4 is 0 Å². The summed E-state index contributed by atoms with van der Waals surface area (Å²) in [6.45, 7) is 4.60. The Bertz CT molecular complexity index is 999. The third kappa shape index (κ3) is 7.24. The van der Waals surface area contributed by atoms with Crippen LogP contribution in [0.15, 0.2) is 48.5 Å². The van der Waals surface area contributed by atoms with E-state index in [2.05, 4.69) is 18.7 Å². The first-order valence-electron chi connectivity index (χ1n) is 12.1. The lowest BCUT2D eigenvalue weighted by Crippen LogP contribution is -2.40. The highest BCUT2D eigenvalue weighted by atomic mass is 19.4. The van der Waals surface area contributed by atoms with Gasteiger partial charge in [0, 0.05) is 18.5 Å². The third-order valence-corrected chi connectivity index (χ3v) is 6.88. The van der Waals surface area contributed by atoms with Gasteiger partial charge in [-0.1, -0.05) is 38.1 Å². The van der Waals surface area contributed by atoms with E-state index >= 15 is 0 Å². The third-order valence-electron chi connectivity index (χ3n) is 6.88. The molecular weight excluding hydrogens is 484 g/mol. The molecule has 1 aliphatic heterocycles. The van der Waals surface area contributed by atoms with E-state index in [1.807, 2.05) is 0 Å². The average Bonchev–Trinajstić information content (AvgIpc) is 2.78. The van der Waals surface area contributed by atoms with Gasteiger partial charge in [-0.15, -0.1) is 0 Å². The molecule has 0 saturated carbocycles. The zero-order valence-electron chi connectivity index (χ0n) is 20.2. The predicted molar refractivity (Wildman–Crippen MR) is 124 cm³/mol. The maximum atomic E-state index is 13.1. The summed E-state index contributed by atoms with van der Waals surface area (Å²) in [6, 6.07) is 9.35. The summed E-state index contributed by atoms with van der Waals surface area (Å²) < 4.78 is 78.8. The lowest BCUT2D eigenvalue weighted by Gasteiger charge is -2.44. The fourth-order valence-electron chi connectivity index (χ4n) is 4.99. The van der Waals surface area contributed by atoms with Crippen molar-refractivity contribution in [3.05, 3.63) is 70.8 Å². The van der Waals surface area contributed by atoms with Gasteiger partial charge in [-0.05, 0) is 79.5 Å². The Labute approximate surface area is 207 Å². The van der Waals surface area contributed by atoms with Crippen LogP contribution in [0, 0.1) is 11.8 Å². The van der Waals surface area contributed by atoms with Gasteiger partial charge in [0.2, 0.25) is 0 Å². The van der Waals surface area contributed by atoms with Crippen LogP contribution in [0.3, 0.4) is 0 Å². The number of halogens is 6. The van der Waals surface area contributed by atoms with Gasteiger partial charge in [0.05, 0.1) is 11.1 Å². The lowest BCUT2D eigenvalue weighted by atomic mass is 9.82. The maximum Gasteiger partial charge on any atom is 0.416 e. The molecule has 1 aliphatic rings. The van der Waals surface area contributed by atoms with Gasteiger partial charge in [0.1, 0.15) is 0 Å². The smallest absolute Gasteiger partial charge is 0.416 e. The minimum atomic E-state index is -4.48. The van der Waals surface area contributed by atoms with Crippen LogP contribution in [0.4, 0.5) is 26.3 Å². The minimum absolute atomic E-state index is 0.0398. The summed E-state index contributed by atoms with van der Waals surface area (Å²) in [5, 5.41) is 9.31. The van der Waals surface area contributed by atoms with E-state index in [9.17, 15) is 36.2 Å². The van der Waals surface area contributed by atoms with E-state index < -0.39 is 29.4 Å². The summed E-state index contributed by atoms with van der Waals surface area (Å²) in [6.07, 6.45) is -6.48. The number of alkyl halides is 6. The van der Waals surface area contributed by atoms with Crippen molar-refractivity contribution >= 4 is 5.97 Å². The molecule has 3 atom stereocenters. The first-order chi connectivity index (χ1) is 16.8. The molecule has 0 aromatic heterocycles. The zero-order chi connectivity index (χ0) is 26.7. The number of hydrogen-bond acceptors (Lipinski definition) is 2. The standard InChI is InChI=1S/C27H31F6NO2/c1-17(2)3-12-23(19-4-8-21(9-5-19)26(28,29)30)34-14-13-18(16-25(35)36)15-24(34)20-6-10-22(11-7-20)27(31,32)33/h4-11,17-18,23-24H,3,12-16H2,1-2H3,(H,35,36)/t18-,23-,24-/m1/s1. The van der Waals surface area contributed by atoms with E-state index in [-0.39, 0.29) is 24.4 Å². The van der Waals surface area contributed by atoms with Crippen LogP contribution in [0.2, 0.25) is 0 Å². The second-order valence-electron chi connectivity index (χ2n) is 9.97. The molecule has 0 amide bonds. The van der Waals surface area contributed by atoms with Gasteiger partial charge < -0.3 is 5.11 Å². The fourth-order valence-corrected chi connectivity index (χ4v) is 4.99. The van der Waals surface area contributed by atoms with Gasteiger partial charge in [0.15, 0.2) is 0 Å². The Kier molecular flexibility index (Phi) is 8.75. The molecule has 198 valence electrons. The molecule has 1 heterocycles. The van der Waals surface area contributed by atoms with Crippen molar-refractivity contribution in [2.75, 3.05) is 6.54 Å². The SMILES string of the molecule is CC(C)CC[C@H](c1ccc(C(F)(F)F)cc1)N1CC[C@@H](CC(=O)O)C[C@@H]1c1ccc(C(F)(F)F)cc1. The van der Waals surface area contributed by atoms with E-state index in [0.717, 1.165) is 30.7 Å². The van der Waals surface area contributed by atoms with Crippen LogP contribution >= 0.6 is 0 Å². The number of carboxylic acids is 1. The molecule has 3 nitrogen and oxygen atoms in total. The number of rotatable bonds is 8. The highest BCUT2D eigenvalue weighted by molar-refractivity contribution is 5.67. The number of carboxylic acid groups (broad SMARTS) is 1. The van der Waals surface area contributed by atoms with Crippen LogP contribution in [-0.4, -0.2) is 22.5 Å². The van der Waals surface area contributed by atoms with Gasteiger partial charge in [-0.25, -0.2) is 0 Å². The Morgan fingerprint density at radius 3 is 1.92 bits per heavy atom. The van der Waals surface area contributed by atoms with Gasteiger partial charge in [-0.2, -0.15) is 26.3 Å². The van der Waals surface area contributed by atoms with Crippen molar-refractivity contribution < 1.29 is 36.2 Å². The number of aliphatic carboxylic acids is 1.